The van der Waals surface area contributed by atoms with Gasteiger partial charge in [-0.3, -0.25) is 9.36 Å². The average Bonchev–Trinajstić information content (AvgIpc) is 3.21. The summed E-state index contributed by atoms with van der Waals surface area (Å²) in [6, 6.07) is 6.80. The number of nitrogens with zero attached hydrogens (tertiary/aromatic N) is 4. The molecule has 2 aromatic rings. The molecule has 0 saturated carbocycles. The number of carbonyl (C=O) groups excluding carboxylic acids is 1. The Morgan fingerprint density at radius 3 is 2.78 bits per heavy atom. The lowest BCUT2D eigenvalue weighted by molar-refractivity contribution is -0.119. The lowest BCUT2D eigenvalue weighted by atomic mass is 10.2. The number of rotatable bonds is 10. The molecule has 174 valence electrons. The van der Waals surface area contributed by atoms with Gasteiger partial charge in [0.1, 0.15) is 0 Å². The Morgan fingerprint density at radius 2 is 2.09 bits per heavy atom. The maximum atomic E-state index is 13.0. The van der Waals surface area contributed by atoms with Crippen LogP contribution in [-0.2, 0) is 26.1 Å². The SMILES string of the molecule is C=CCn1c(SCC(=O)NC(C)CC)nnc1-c1cccc(S(=O)(=O)N2CCOCC2)c1. The number of amides is 1. The van der Waals surface area contributed by atoms with Gasteiger partial charge in [0.15, 0.2) is 11.0 Å². The van der Waals surface area contributed by atoms with Crippen molar-refractivity contribution in [2.45, 2.75) is 42.9 Å². The molecule has 1 N–H and O–H groups in total. The Kier molecular flexibility index (Phi) is 8.46. The third kappa shape index (κ3) is 5.77. The summed E-state index contributed by atoms with van der Waals surface area (Å²) in [4.78, 5) is 12.3. The molecule has 2 heterocycles. The molecule has 9 nitrogen and oxygen atoms in total. The predicted octanol–water partition coefficient (Wildman–Crippen LogP) is 2.16. The molecule has 1 saturated heterocycles. The highest BCUT2D eigenvalue weighted by atomic mass is 32.2. The number of nitrogens with one attached hydrogen (secondary N) is 1. The summed E-state index contributed by atoms with van der Waals surface area (Å²) in [6.45, 7) is 9.63. The summed E-state index contributed by atoms with van der Waals surface area (Å²) in [5.41, 5.74) is 0.629. The van der Waals surface area contributed by atoms with Gasteiger partial charge in [-0.1, -0.05) is 36.9 Å². The minimum absolute atomic E-state index is 0.0716. The molecule has 0 radical (unpaired) electrons. The van der Waals surface area contributed by atoms with Crippen LogP contribution in [0.2, 0.25) is 0 Å². The zero-order chi connectivity index (χ0) is 23.1. The highest BCUT2D eigenvalue weighted by Crippen LogP contribution is 2.27. The number of benzene rings is 1. The topological polar surface area (TPSA) is 106 Å². The van der Waals surface area contributed by atoms with Gasteiger partial charge in [-0.25, -0.2) is 8.42 Å². The second kappa shape index (κ2) is 11.1. The van der Waals surface area contributed by atoms with Crippen molar-refractivity contribution in [3.8, 4) is 11.4 Å². The van der Waals surface area contributed by atoms with E-state index in [1.807, 2.05) is 18.4 Å². The van der Waals surface area contributed by atoms with Gasteiger partial charge < -0.3 is 10.1 Å². The van der Waals surface area contributed by atoms with Crippen LogP contribution in [0, 0.1) is 0 Å². The standard InChI is InChI=1S/C21H29N5O4S2/c1-4-9-26-20(23-24-21(26)31-15-19(27)22-16(3)5-2)17-7-6-8-18(14-17)32(28,29)25-10-12-30-13-11-25/h4,6-8,14,16H,1,5,9-13,15H2,2-3H3,(H,22,27). The molecule has 1 aromatic carbocycles. The van der Waals surface area contributed by atoms with Crippen LogP contribution in [0.25, 0.3) is 11.4 Å². The molecular weight excluding hydrogens is 450 g/mol. The van der Waals surface area contributed by atoms with Crippen LogP contribution in [0.15, 0.2) is 47.0 Å². The molecule has 3 rings (SSSR count). The number of thioether (sulfide) groups is 1. The Balaban J connectivity index is 1.84. The van der Waals surface area contributed by atoms with Gasteiger partial charge in [0.2, 0.25) is 15.9 Å². The molecule has 1 aliphatic rings. The van der Waals surface area contributed by atoms with E-state index in [4.69, 9.17) is 4.74 Å². The first-order chi connectivity index (χ1) is 15.4. The van der Waals surface area contributed by atoms with Crippen LogP contribution in [0.5, 0.6) is 0 Å². The fourth-order valence-electron chi connectivity index (χ4n) is 3.18. The van der Waals surface area contributed by atoms with Gasteiger partial charge in [-0.2, -0.15) is 4.31 Å². The van der Waals surface area contributed by atoms with Gasteiger partial charge in [0, 0.05) is 31.2 Å². The first-order valence-electron chi connectivity index (χ1n) is 10.5. The van der Waals surface area contributed by atoms with Gasteiger partial charge in [-0.05, 0) is 25.5 Å². The van der Waals surface area contributed by atoms with E-state index in [-0.39, 0.29) is 22.6 Å². The maximum absolute atomic E-state index is 13.0. The molecule has 1 aliphatic heterocycles. The molecule has 32 heavy (non-hydrogen) atoms. The molecule has 1 aromatic heterocycles. The fourth-order valence-corrected chi connectivity index (χ4v) is 5.40. The summed E-state index contributed by atoms with van der Waals surface area (Å²) >= 11 is 1.28. The van der Waals surface area contributed by atoms with E-state index in [1.54, 1.807) is 30.3 Å². The van der Waals surface area contributed by atoms with E-state index in [2.05, 4.69) is 22.1 Å². The van der Waals surface area contributed by atoms with Gasteiger partial charge in [0.25, 0.3) is 0 Å². The van der Waals surface area contributed by atoms with Crippen LogP contribution < -0.4 is 5.32 Å². The summed E-state index contributed by atoms with van der Waals surface area (Å²) in [6.07, 6.45) is 2.57. The summed E-state index contributed by atoms with van der Waals surface area (Å²) in [5.74, 6) is 0.664. The number of hydrogen-bond donors (Lipinski definition) is 1. The van der Waals surface area contributed by atoms with Crippen LogP contribution in [-0.4, -0.2) is 71.5 Å². The van der Waals surface area contributed by atoms with Gasteiger partial charge in [-0.15, -0.1) is 16.8 Å². The van der Waals surface area contributed by atoms with Gasteiger partial charge >= 0.3 is 0 Å². The number of morpholine rings is 1. The number of sulfonamides is 1. The molecule has 1 unspecified atom stereocenters. The number of ether oxygens (including phenoxy) is 1. The Labute approximate surface area is 193 Å². The second-order valence-corrected chi connectivity index (χ2v) is 10.3. The molecular formula is C21H29N5O4S2. The monoisotopic (exact) mass is 479 g/mol. The molecule has 0 aliphatic carbocycles. The van der Waals surface area contributed by atoms with Gasteiger partial charge in [0.05, 0.1) is 23.9 Å². The first-order valence-corrected chi connectivity index (χ1v) is 12.9. The summed E-state index contributed by atoms with van der Waals surface area (Å²) in [7, 11) is -3.63. The zero-order valence-corrected chi connectivity index (χ0v) is 20.0. The fraction of sp³-hybridized carbons (Fsp3) is 0.476. The number of aromatic nitrogens is 3. The zero-order valence-electron chi connectivity index (χ0n) is 18.4. The highest BCUT2D eigenvalue weighted by Gasteiger charge is 2.27. The highest BCUT2D eigenvalue weighted by molar-refractivity contribution is 7.99. The average molecular weight is 480 g/mol. The number of hydrogen-bond acceptors (Lipinski definition) is 7. The Morgan fingerprint density at radius 1 is 1.34 bits per heavy atom. The van der Waals surface area contributed by atoms with Crippen LogP contribution in [0.1, 0.15) is 20.3 Å². The van der Waals surface area contributed by atoms with Crippen molar-refractivity contribution in [1.29, 1.82) is 0 Å². The lowest BCUT2D eigenvalue weighted by Gasteiger charge is -2.26. The summed E-state index contributed by atoms with van der Waals surface area (Å²) in [5, 5.41) is 12.0. The molecule has 1 atom stereocenters. The first kappa shape index (κ1) is 24.4. The minimum atomic E-state index is -3.63. The smallest absolute Gasteiger partial charge is 0.243 e. The van der Waals surface area contributed by atoms with Crippen molar-refractivity contribution in [2.24, 2.45) is 0 Å². The van der Waals surface area contributed by atoms with Crippen LogP contribution in [0.4, 0.5) is 0 Å². The van der Waals surface area contributed by atoms with Crippen molar-refractivity contribution < 1.29 is 17.9 Å². The van der Waals surface area contributed by atoms with Crippen molar-refractivity contribution >= 4 is 27.7 Å². The molecule has 0 bridgehead atoms. The van der Waals surface area contributed by atoms with Crippen LogP contribution in [0.3, 0.4) is 0 Å². The number of allylic oxidation sites excluding steroid dienone is 1. The molecule has 11 heteroatoms. The van der Waals surface area contributed by atoms with E-state index in [1.165, 1.54) is 16.1 Å². The molecule has 1 amide bonds. The van der Waals surface area contributed by atoms with Crippen molar-refractivity contribution in [3.05, 3.63) is 36.9 Å². The number of carbonyl (C=O) groups is 1. The normalized spacial score (nSPS) is 15.9. The van der Waals surface area contributed by atoms with E-state index in [0.717, 1.165) is 6.42 Å². The van der Waals surface area contributed by atoms with E-state index in [9.17, 15) is 13.2 Å². The quantitative estimate of drug-likeness (QED) is 0.411. The second-order valence-electron chi connectivity index (χ2n) is 7.42. The summed E-state index contributed by atoms with van der Waals surface area (Å²) < 4.78 is 34.6. The van der Waals surface area contributed by atoms with E-state index in [0.29, 0.717) is 49.4 Å². The predicted molar refractivity (Wildman–Crippen MR) is 124 cm³/mol. The van der Waals surface area contributed by atoms with Crippen molar-refractivity contribution in [3.63, 3.8) is 0 Å². The Bertz CT molecular complexity index is 1050. The molecule has 0 spiro atoms. The maximum Gasteiger partial charge on any atom is 0.243 e. The largest absolute Gasteiger partial charge is 0.379 e. The third-order valence-corrected chi connectivity index (χ3v) is 7.94. The Hall–Kier alpha value is -2.21. The third-order valence-electron chi connectivity index (χ3n) is 5.08. The van der Waals surface area contributed by atoms with Crippen LogP contribution >= 0.6 is 11.8 Å². The van der Waals surface area contributed by atoms with Crippen molar-refractivity contribution in [1.82, 2.24) is 24.4 Å². The lowest BCUT2D eigenvalue weighted by Crippen LogP contribution is -2.40. The van der Waals surface area contributed by atoms with E-state index < -0.39 is 10.0 Å². The minimum Gasteiger partial charge on any atom is -0.379 e. The van der Waals surface area contributed by atoms with Crippen molar-refractivity contribution in [2.75, 3.05) is 32.1 Å². The molecule has 1 fully saturated rings. The van der Waals surface area contributed by atoms with E-state index >= 15 is 0 Å².